The van der Waals surface area contributed by atoms with Crippen LogP contribution >= 0.6 is 11.6 Å². The highest BCUT2D eigenvalue weighted by molar-refractivity contribution is 6.29. The normalized spacial score (nSPS) is 11.0. The third-order valence-electron chi connectivity index (χ3n) is 2.59. The quantitative estimate of drug-likeness (QED) is 0.837. The summed E-state index contributed by atoms with van der Waals surface area (Å²) in [6, 6.07) is 5.57. The molecule has 1 aromatic carbocycles. The van der Waals surface area contributed by atoms with Gasteiger partial charge in [-0.05, 0) is 23.1 Å². The van der Waals surface area contributed by atoms with E-state index in [4.69, 9.17) is 11.6 Å². The van der Waals surface area contributed by atoms with Crippen LogP contribution in [0.5, 0.6) is 0 Å². The van der Waals surface area contributed by atoms with Gasteiger partial charge in [-0.3, -0.25) is 9.59 Å². The molecule has 0 saturated carbocycles. The molecule has 0 radical (unpaired) electrons. The number of amides is 2. The molecule has 5 heteroatoms. The predicted octanol–water partition coefficient (Wildman–Crippen LogP) is 3.12. The van der Waals surface area contributed by atoms with Crippen molar-refractivity contribution in [3.63, 3.8) is 0 Å². The van der Waals surface area contributed by atoms with Gasteiger partial charge in [0.1, 0.15) is 5.88 Å². The lowest BCUT2D eigenvalue weighted by Gasteiger charge is -2.21. The van der Waals surface area contributed by atoms with Crippen molar-refractivity contribution in [2.45, 2.75) is 33.1 Å². The van der Waals surface area contributed by atoms with E-state index in [9.17, 15) is 9.59 Å². The lowest BCUT2D eigenvalue weighted by Crippen LogP contribution is -2.18. The number of rotatable bonds is 3. The van der Waals surface area contributed by atoms with Gasteiger partial charge in [-0.25, -0.2) is 0 Å². The molecule has 0 fully saturated rings. The molecule has 2 amide bonds. The maximum Gasteiger partial charge on any atom is 0.239 e. The average Bonchev–Trinajstić information content (AvgIpc) is 2.29. The van der Waals surface area contributed by atoms with Crippen molar-refractivity contribution in [1.82, 2.24) is 0 Å². The second kappa shape index (κ2) is 6.06. The van der Waals surface area contributed by atoms with E-state index in [1.807, 2.05) is 12.1 Å². The molecule has 2 N–H and O–H groups in total. The molecule has 0 aromatic heterocycles. The van der Waals surface area contributed by atoms with Gasteiger partial charge in [0.15, 0.2) is 0 Å². The van der Waals surface area contributed by atoms with Gasteiger partial charge >= 0.3 is 0 Å². The van der Waals surface area contributed by atoms with Crippen molar-refractivity contribution in [2.75, 3.05) is 16.5 Å². The van der Waals surface area contributed by atoms with Crippen molar-refractivity contribution in [3.8, 4) is 0 Å². The lowest BCUT2D eigenvalue weighted by atomic mass is 9.86. The first kappa shape index (κ1) is 15.5. The monoisotopic (exact) mass is 282 g/mol. The fourth-order valence-corrected chi connectivity index (χ4v) is 1.66. The van der Waals surface area contributed by atoms with E-state index in [0.29, 0.717) is 11.4 Å². The third kappa shape index (κ3) is 4.56. The molecule has 0 aliphatic rings. The molecule has 0 aliphatic carbocycles. The van der Waals surface area contributed by atoms with Gasteiger partial charge < -0.3 is 10.6 Å². The molecule has 0 unspecified atom stereocenters. The second-order valence-corrected chi connectivity index (χ2v) is 5.64. The van der Waals surface area contributed by atoms with Crippen molar-refractivity contribution in [2.24, 2.45) is 0 Å². The van der Waals surface area contributed by atoms with Crippen LogP contribution in [0, 0.1) is 0 Å². The Kier molecular flexibility index (Phi) is 4.95. The summed E-state index contributed by atoms with van der Waals surface area (Å²) >= 11 is 5.49. The van der Waals surface area contributed by atoms with E-state index < -0.39 is 0 Å². The molecule has 19 heavy (non-hydrogen) atoms. The second-order valence-electron chi connectivity index (χ2n) is 5.37. The Morgan fingerprint density at radius 2 is 1.79 bits per heavy atom. The van der Waals surface area contributed by atoms with E-state index in [1.165, 1.54) is 6.92 Å². The number of nitrogens with one attached hydrogen (secondary N) is 2. The van der Waals surface area contributed by atoms with E-state index in [-0.39, 0.29) is 23.1 Å². The number of carbonyl (C=O) groups is 2. The molecule has 4 nitrogen and oxygen atoms in total. The summed E-state index contributed by atoms with van der Waals surface area (Å²) in [5.74, 6) is -0.622. The lowest BCUT2D eigenvalue weighted by molar-refractivity contribution is -0.115. The van der Waals surface area contributed by atoms with Crippen LogP contribution in [0.1, 0.15) is 33.3 Å². The smallest absolute Gasteiger partial charge is 0.239 e. The minimum atomic E-state index is -0.306. The Bertz CT molecular complexity index is 493. The van der Waals surface area contributed by atoms with Crippen LogP contribution in [0.15, 0.2) is 18.2 Å². The summed E-state index contributed by atoms with van der Waals surface area (Å²) in [6.45, 7) is 7.65. The Balaban J connectivity index is 3.17. The van der Waals surface area contributed by atoms with Crippen molar-refractivity contribution >= 4 is 34.8 Å². The van der Waals surface area contributed by atoms with Gasteiger partial charge in [0.25, 0.3) is 0 Å². The zero-order chi connectivity index (χ0) is 14.6. The molecule has 0 atom stereocenters. The van der Waals surface area contributed by atoms with E-state index in [0.717, 1.165) is 5.56 Å². The molecule has 1 rings (SSSR count). The van der Waals surface area contributed by atoms with Crippen LogP contribution in [0.25, 0.3) is 0 Å². The van der Waals surface area contributed by atoms with E-state index in [2.05, 4.69) is 31.4 Å². The third-order valence-corrected chi connectivity index (χ3v) is 2.83. The van der Waals surface area contributed by atoms with Gasteiger partial charge in [-0.1, -0.05) is 26.8 Å². The largest absolute Gasteiger partial charge is 0.325 e. The number of hydrogen-bond acceptors (Lipinski definition) is 2. The predicted molar refractivity (Wildman–Crippen MR) is 78.8 cm³/mol. The van der Waals surface area contributed by atoms with Crippen LogP contribution in [0.4, 0.5) is 11.4 Å². The Morgan fingerprint density at radius 1 is 1.16 bits per heavy atom. The summed E-state index contributed by atoms with van der Waals surface area (Å²) in [5.41, 5.74) is 2.15. The van der Waals surface area contributed by atoms with Crippen molar-refractivity contribution in [3.05, 3.63) is 23.8 Å². The van der Waals surface area contributed by atoms with Crippen molar-refractivity contribution < 1.29 is 9.59 Å². The first-order valence-corrected chi connectivity index (χ1v) is 6.55. The number of hydrogen-bond donors (Lipinski definition) is 2. The highest BCUT2D eigenvalue weighted by Gasteiger charge is 2.16. The topological polar surface area (TPSA) is 58.2 Å². The van der Waals surface area contributed by atoms with Crippen molar-refractivity contribution in [1.29, 1.82) is 0 Å². The number of halogens is 1. The summed E-state index contributed by atoms with van der Waals surface area (Å²) in [5, 5.41) is 5.38. The molecular formula is C14H19ClN2O2. The van der Waals surface area contributed by atoms with Gasteiger partial charge in [0.05, 0.1) is 11.4 Å². The standard InChI is InChI=1S/C14H19ClN2O2/c1-9(18)16-11-6-5-10(14(2,3)4)7-12(11)17-13(19)8-15/h5-7H,8H2,1-4H3,(H,16,18)(H,17,19). The fourth-order valence-electron chi connectivity index (χ4n) is 1.60. The molecule has 104 valence electrons. The van der Waals surface area contributed by atoms with E-state index in [1.54, 1.807) is 6.07 Å². The summed E-state index contributed by atoms with van der Waals surface area (Å²) in [6.07, 6.45) is 0. The van der Waals surface area contributed by atoms with Gasteiger partial charge in [-0.2, -0.15) is 0 Å². The Hall–Kier alpha value is -1.55. The van der Waals surface area contributed by atoms with E-state index >= 15 is 0 Å². The van der Waals surface area contributed by atoms with Crippen LogP contribution in [0.3, 0.4) is 0 Å². The maximum atomic E-state index is 11.4. The summed E-state index contributed by atoms with van der Waals surface area (Å²) in [7, 11) is 0. The first-order chi connectivity index (χ1) is 8.74. The minimum absolute atomic E-state index is 0.0464. The zero-order valence-electron chi connectivity index (χ0n) is 11.6. The molecule has 0 spiro atoms. The fraction of sp³-hybridized carbons (Fsp3) is 0.429. The van der Waals surface area contributed by atoms with Gasteiger partial charge in [-0.15, -0.1) is 11.6 Å². The maximum absolute atomic E-state index is 11.4. The zero-order valence-corrected chi connectivity index (χ0v) is 12.4. The Morgan fingerprint density at radius 3 is 2.26 bits per heavy atom. The van der Waals surface area contributed by atoms with Crippen LogP contribution in [-0.2, 0) is 15.0 Å². The van der Waals surface area contributed by atoms with Crippen LogP contribution < -0.4 is 10.6 Å². The average molecular weight is 283 g/mol. The number of benzene rings is 1. The summed E-state index contributed by atoms with van der Waals surface area (Å²) < 4.78 is 0. The highest BCUT2D eigenvalue weighted by atomic mass is 35.5. The van der Waals surface area contributed by atoms with Crippen LogP contribution in [-0.4, -0.2) is 17.7 Å². The molecule has 0 bridgehead atoms. The van der Waals surface area contributed by atoms with Gasteiger partial charge in [0.2, 0.25) is 11.8 Å². The highest BCUT2D eigenvalue weighted by Crippen LogP contribution is 2.30. The molecule has 0 saturated heterocycles. The molecular weight excluding hydrogens is 264 g/mol. The van der Waals surface area contributed by atoms with Crippen LogP contribution in [0.2, 0.25) is 0 Å². The van der Waals surface area contributed by atoms with Gasteiger partial charge in [0, 0.05) is 6.92 Å². The molecule has 0 aliphatic heterocycles. The SMILES string of the molecule is CC(=O)Nc1ccc(C(C)(C)C)cc1NC(=O)CCl. The number of alkyl halides is 1. The molecule has 0 heterocycles. The number of carbonyl (C=O) groups excluding carboxylic acids is 2. The number of anilines is 2. The first-order valence-electron chi connectivity index (χ1n) is 6.02. The summed E-state index contributed by atoms with van der Waals surface area (Å²) in [4.78, 5) is 22.6. The Labute approximate surface area is 118 Å². The minimum Gasteiger partial charge on any atom is -0.325 e. The molecule has 1 aromatic rings.